The van der Waals surface area contributed by atoms with E-state index >= 15 is 0 Å². The molecule has 1 fully saturated rings. The summed E-state index contributed by atoms with van der Waals surface area (Å²) in [5.41, 5.74) is 3.03. The van der Waals surface area contributed by atoms with Crippen LogP contribution in [0.25, 0.3) is 0 Å². The van der Waals surface area contributed by atoms with Gasteiger partial charge in [0.1, 0.15) is 12.4 Å². The Kier molecular flexibility index (Phi) is 8.61. The van der Waals surface area contributed by atoms with E-state index in [9.17, 15) is 15.0 Å². The van der Waals surface area contributed by atoms with Gasteiger partial charge < -0.3 is 20.1 Å². The quantitative estimate of drug-likeness (QED) is 0.486. The highest BCUT2D eigenvalue weighted by Gasteiger charge is 2.29. The number of aliphatic carboxylic acids is 1. The first kappa shape index (κ1) is 22.7. The molecular formula is C24H30O5S. The summed E-state index contributed by atoms with van der Waals surface area (Å²) in [6.45, 7) is 0.0236. The van der Waals surface area contributed by atoms with Crippen LogP contribution in [0, 0.1) is 0 Å². The maximum absolute atomic E-state index is 11.0. The van der Waals surface area contributed by atoms with E-state index < -0.39 is 23.9 Å². The molecule has 162 valence electrons. The van der Waals surface area contributed by atoms with Gasteiger partial charge in [0.25, 0.3) is 0 Å². The third-order valence-electron chi connectivity index (χ3n) is 5.55. The van der Waals surface area contributed by atoms with E-state index in [1.807, 2.05) is 42.5 Å². The van der Waals surface area contributed by atoms with E-state index in [2.05, 4.69) is 6.07 Å². The maximum atomic E-state index is 11.0. The van der Waals surface area contributed by atoms with Gasteiger partial charge in [-0.05, 0) is 29.9 Å². The maximum Gasteiger partial charge on any atom is 0.304 e. The second kappa shape index (κ2) is 11.4. The molecule has 0 saturated heterocycles. The van der Waals surface area contributed by atoms with Crippen molar-refractivity contribution in [3.63, 3.8) is 0 Å². The molecule has 2 atom stereocenters. The van der Waals surface area contributed by atoms with Gasteiger partial charge in [-0.25, -0.2) is 0 Å². The van der Waals surface area contributed by atoms with Gasteiger partial charge >= 0.3 is 5.97 Å². The SMILES string of the molecule is O=C(O)CCSC(c1cccc(C2CCCC2)c1OCc1ccccc1)C(O)CO. The Morgan fingerprint density at radius 2 is 1.83 bits per heavy atom. The second-order valence-corrected chi connectivity index (χ2v) is 8.96. The number of para-hydroxylation sites is 1. The fourth-order valence-corrected chi connectivity index (χ4v) is 5.25. The zero-order valence-corrected chi connectivity index (χ0v) is 17.9. The minimum absolute atomic E-state index is 0.00182. The molecule has 2 aromatic rings. The van der Waals surface area contributed by atoms with Gasteiger partial charge in [-0.15, -0.1) is 0 Å². The summed E-state index contributed by atoms with van der Waals surface area (Å²) in [5, 5.41) is 28.7. The lowest BCUT2D eigenvalue weighted by Crippen LogP contribution is -2.22. The van der Waals surface area contributed by atoms with Gasteiger partial charge in [-0.1, -0.05) is 61.4 Å². The molecule has 0 radical (unpaired) electrons. The summed E-state index contributed by atoms with van der Waals surface area (Å²) in [7, 11) is 0. The van der Waals surface area contributed by atoms with Crippen LogP contribution in [0.5, 0.6) is 5.75 Å². The van der Waals surface area contributed by atoms with E-state index in [1.54, 1.807) is 0 Å². The number of carboxylic acid groups (broad SMARTS) is 1. The Hall–Kier alpha value is -2.02. The summed E-state index contributed by atoms with van der Waals surface area (Å²) in [5.74, 6) is 0.670. The van der Waals surface area contributed by atoms with E-state index in [4.69, 9.17) is 9.84 Å². The van der Waals surface area contributed by atoms with Crippen molar-refractivity contribution in [1.29, 1.82) is 0 Å². The lowest BCUT2D eigenvalue weighted by atomic mass is 9.92. The summed E-state index contributed by atoms with van der Waals surface area (Å²) in [6, 6.07) is 16.0. The van der Waals surface area contributed by atoms with Crippen molar-refractivity contribution in [2.75, 3.05) is 12.4 Å². The summed E-state index contributed by atoms with van der Waals surface area (Å²) in [6.07, 6.45) is 3.63. The van der Waals surface area contributed by atoms with Gasteiger partial charge in [-0.3, -0.25) is 4.79 Å². The molecule has 5 nitrogen and oxygen atoms in total. The zero-order chi connectivity index (χ0) is 21.3. The van der Waals surface area contributed by atoms with Crippen LogP contribution in [0.4, 0.5) is 0 Å². The Morgan fingerprint density at radius 1 is 1.10 bits per heavy atom. The van der Waals surface area contributed by atoms with Crippen LogP contribution in [0.1, 0.15) is 60.0 Å². The van der Waals surface area contributed by atoms with Crippen molar-refractivity contribution in [3.8, 4) is 5.75 Å². The zero-order valence-electron chi connectivity index (χ0n) is 17.1. The van der Waals surface area contributed by atoms with Crippen LogP contribution in [0.15, 0.2) is 48.5 Å². The average molecular weight is 431 g/mol. The number of carbonyl (C=O) groups is 1. The lowest BCUT2D eigenvalue weighted by Gasteiger charge is -2.26. The minimum Gasteiger partial charge on any atom is -0.488 e. The predicted octanol–water partition coefficient (Wildman–Crippen LogP) is 4.53. The van der Waals surface area contributed by atoms with Gasteiger partial charge in [-0.2, -0.15) is 11.8 Å². The topological polar surface area (TPSA) is 87.0 Å². The molecule has 3 rings (SSSR count). The molecule has 0 aromatic heterocycles. The molecule has 2 aromatic carbocycles. The molecule has 3 N–H and O–H groups in total. The minimum atomic E-state index is -0.998. The molecule has 1 aliphatic rings. The Bertz CT molecular complexity index is 804. The van der Waals surface area contributed by atoms with E-state index in [-0.39, 0.29) is 6.42 Å². The molecule has 6 heteroatoms. The van der Waals surface area contributed by atoms with Crippen molar-refractivity contribution in [1.82, 2.24) is 0 Å². The number of aliphatic hydroxyl groups excluding tert-OH is 2. The molecular weight excluding hydrogens is 400 g/mol. The van der Waals surface area contributed by atoms with E-state index in [0.29, 0.717) is 18.3 Å². The molecule has 2 unspecified atom stereocenters. The van der Waals surface area contributed by atoms with Gasteiger partial charge in [0.05, 0.1) is 24.4 Å². The highest BCUT2D eigenvalue weighted by atomic mass is 32.2. The number of hydrogen-bond donors (Lipinski definition) is 3. The summed E-state index contributed by atoms with van der Waals surface area (Å²) < 4.78 is 6.35. The average Bonchev–Trinajstić information content (AvgIpc) is 3.30. The van der Waals surface area contributed by atoms with Crippen LogP contribution in [0.2, 0.25) is 0 Å². The second-order valence-electron chi connectivity index (χ2n) is 7.71. The van der Waals surface area contributed by atoms with Crippen molar-refractivity contribution in [2.24, 2.45) is 0 Å². The number of benzene rings is 2. The number of hydrogen-bond acceptors (Lipinski definition) is 5. The molecule has 1 saturated carbocycles. The first-order valence-electron chi connectivity index (χ1n) is 10.5. The molecule has 0 bridgehead atoms. The van der Waals surface area contributed by atoms with Crippen LogP contribution in [0.3, 0.4) is 0 Å². The first-order valence-corrected chi connectivity index (χ1v) is 11.6. The Balaban J connectivity index is 1.93. The standard InChI is InChI=1S/C24H30O5S/c25-15-21(26)24(30-14-13-22(27)28)20-12-6-11-19(18-9-4-5-10-18)23(20)29-16-17-7-2-1-3-8-17/h1-3,6-8,11-12,18,21,24-26H,4-5,9-10,13-16H2,(H,27,28). The Morgan fingerprint density at radius 3 is 2.50 bits per heavy atom. The largest absolute Gasteiger partial charge is 0.488 e. The lowest BCUT2D eigenvalue weighted by molar-refractivity contribution is -0.136. The van der Waals surface area contributed by atoms with Gasteiger partial charge in [0, 0.05) is 11.3 Å². The molecule has 30 heavy (non-hydrogen) atoms. The number of thioether (sulfide) groups is 1. The summed E-state index contributed by atoms with van der Waals surface area (Å²) in [4.78, 5) is 11.0. The molecule has 0 heterocycles. The third-order valence-corrected chi connectivity index (χ3v) is 6.92. The number of rotatable bonds is 11. The summed E-state index contributed by atoms with van der Waals surface area (Å²) >= 11 is 1.35. The number of aliphatic hydroxyl groups is 2. The van der Waals surface area contributed by atoms with E-state index in [1.165, 1.54) is 24.6 Å². The smallest absolute Gasteiger partial charge is 0.304 e. The van der Waals surface area contributed by atoms with Crippen LogP contribution in [-0.4, -0.2) is 39.8 Å². The van der Waals surface area contributed by atoms with Crippen molar-refractivity contribution in [2.45, 2.75) is 56.0 Å². The third kappa shape index (κ3) is 6.00. The van der Waals surface area contributed by atoms with Crippen molar-refractivity contribution in [3.05, 3.63) is 65.2 Å². The van der Waals surface area contributed by atoms with Crippen molar-refractivity contribution >= 4 is 17.7 Å². The Labute approximate surface area is 182 Å². The molecule has 1 aliphatic carbocycles. The van der Waals surface area contributed by atoms with Gasteiger partial charge in [0.15, 0.2) is 0 Å². The fraction of sp³-hybridized carbons (Fsp3) is 0.458. The van der Waals surface area contributed by atoms with Crippen LogP contribution < -0.4 is 4.74 Å². The van der Waals surface area contributed by atoms with Gasteiger partial charge in [0.2, 0.25) is 0 Å². The highest BCUT2D eigenvalue weighted by molar-refractivity contribution is 7.99. The predicted molar refractivity (Wildman–Crippen MR) is 119 cm³/mol. The first-order chi connectivity index (χ1) is 14.6. The van der Waals surface area contributed by atoms with Crippen LogP contribution in [-0.2, 0) is 11.4 Å². The fourth-order valence-electron chi connectivity index (χ4n) is 4.03. The number of ether oxygens (including phenoxy) is 1. The normalized spacial score (nSPS) is 16.3. The molecule has 0 spiro atoms. The number of carboxylic acids is 1. The highest BCUT2D eigenvalue weighted by Crippen LogP contribution is 2.45. The van der Waals surface area contributed by atoms with E-state index in [0.717, 1.165) is 35.3 Å². The van der Waals surface area contributed by atoms with Crippen LogP contribution >= 0.6 is 11.8 Å². The van der Waals surface area contributed by atoms with Crippen molar-refractivity contribution < 1.29 is 24.9 Å². The molecule has 0 aliphatic heterocycles. The molecule has 0 amide bonds. The monoisotopic (exact) mass is 430 g/mol.